The average molecular weight is 471 g/mol. The molecule has 0 radical (unpaired) electrons. The topological polar surface area (TPSA) is 106 Å². The van der Waals surface area contributed by atoms with E-state index in [9.17, 15) is 19.8 Å². The fourth-order valence-corrected chi connectivity index (χ4v) is 7.54. The summed E-state index contributed by atoms with van der Waals surface area (Å²) in [6, 6.07) is 3.46. The van der Waals surface area contributed by atoms with E-state index in [-0.39, 0.29) is 29.4 Å². The highest BCUT2D eigenvalue weighted by atomic mass is 16.4. The van der Waals surface area contributed by atoms with Crippen LogP contribution in [0.2, 0.25) is 0 Å². The number of nitrogens with one attached hydrogen (secondary N) is 1. The largest absolute Gasteiger partial charge is 0.465 e. The Labute approximate surface area is 201 Å². The lowest BCUT2D eigenvalue weighted by Gasteiger charge is -2.60. The number of pyridine rings is 1. The SMILES string of the molecule is CN(C(=O)c1ccc(NC2CCN(C(=O)O)C2C2C3CC4C[C@H]2C[C@@](O)(C4)C3)nc1)C(C)(C)C. The number of rotatable bonds is 4. The summed E-state index contributed by atoms with van der Waals surface area (Å²) in [6.07, 6.45) is 6.21. The number of nitrogens with zero attached hydrogens (tertiary/aromatic N) is 3. The third-order valence-electron chi connectivity index (χ3n) is 9.06. The van der Waals surface area contributed by atoms with E-state index in [1.165, 1.54) is 0 Å². The Bertz CT molecular complexity index is 943. The highest BCUT2D eigenvalue weighted by Crippen LogP contribution is 2.60. The molecule has 1 aromatic heterocycles. The van der Waals surface area contributed by atoms with Crippen molar-refractivity contribution < 1.29 is 19.8 Å². The Morgan fingerprint density at radius 2 is 1.85 bits per heavy atom. The second kappa shape index (κ2) is 8.11. The summed E-state index contributed by atoms with van der Waals surface area (Å²) in [6.45, 7) is 6.48. The molecular weight excluding hydrogens is 432 g/mol. The molecule has 34 heavy (non-hydrogen) atoms. The molecule has 7 atom stereocenters. The number of carboxylic acid groups (broad SMARTS) is 1. The fraction of sp³-hybridized carbons (Fsp3) is 0.731. The number of carbonyl (C=O) groups excluding carboxylic acids is 1. The molecule has 2 heterocycles. The molecule has 2 amide bonds. The van der Waals surface area contributed by atoms with Crippen LogP contribution in [0.1, 0.15) is 69.7 Å². The second-order valence-electron chi connectivity index (χ2n) is 12.2. The van der Waals surface area contributed by atoms with Gasteiger partial charge in [0.15, 0.2) is 0 Å². The van der Waals surface area contributed by atoms with Crippen LogP contribution in [0.25, 0.3) is 0 Å². The first kappa shape index (κ1) is 23.4. The molecule has 1 aliphatic heterocycles. The van der Waals surface area contributed by atoms with Gasteiger partial charge in [0.1, 0.15) is 5.82 Å². The van der Waals surface area contributed by atoms with Gasteiger partial charge < -0.3 is 25.3 Å². The van der Waals surface area contributed by atoms with E-state index >= 15 is 0 Å². The number of hydrogen-bond acceptors (Lipinski definition) is 5. The van der Waals surface area contributed by atoms with Gasteiger partial charge in [-0.05, 0) is 95.1 Å². The number of hydrogen-bond donors (Lipinski definition) is 3. The monoisotopic (exact) mass is 470 g/mol. The molecule has 4 bridgehead atoms. The molecule has 8 heteroatoms. The first-order chi connectivity index (χ1) is 15.9. The van der Waals surface area contributed by atoms with Gasteiger partial charge in [0, 0.05) is 25.3 Å². The number of anilines is 1. The van der Waals surface area contributed by atoms with Crippen molar-refractivity contribution in [2.75, 3.05) is 18.9 Å². The Kier molecular flexibility index (Phi) is 5.58. The highest BCUT2D eigenvalue weighted by Gasteiger charge is 2.59. The van der Waals surface area contributed by atoms with E-state index in [1.807, 2.05) is 26.8 Å². The van der Waals surface area contributed by atoms with E-state index in [0.29, 0.717) is 35.7 Å². The Hall–Kier alpha value is -2.35. The van der Waals surface area contributed by atoms with Crippen molar-refractivity contribution in [2.45, 2.75) is 82.5 Å². The lowest BCUT2D eigenvalue weighted by molar-refractivity contribution is -0.162. The minimum atomic E-state index is -0.860. The quantitative estimate of drug-likeness (QED) is 0.620. The van der Waals surface area contributed by atoms with E-state index in [1.54, 1.807) is 29.1 Å². The van der Waals surface area contributed by atoms with Gasteiger partial charge in [0.2, 0.25) is 0 Å². The van der Waals surface area contributed by atoms with Gasteiger partial charge in [0.05, 0.1) is 23.2 Å². The molecule has 1 saturated heterocycles. The molecule has 5 fully saturated rings. The number of aliphatic hydroxyl groups is 1. The summed E-state index contributed by atoms with van der Waals surface area (Å²) >= 11 is 0. The highest BCUT2D eigenvalue weighted by molar-refractivity contribution is 5.94. The third-order valence-corrected chi connectivity index (χ3v) is 9.06. The summed E-state index contributed by atoms with van der Waals surface area (Å²) in [4.78, 5) is 32.8. The zero-order chi connectivity index (χ0) is 24.4. The van der Waals surface area contributed by atoms with Crippen LogP contribution in [0.3, 0.4) is 0 Å². The smallest absolute Gasteiger partial charge is 0.407 e. The first-order valence-corrected chi connectivity index (χ1v) is 12.7. The number of aromatic nitrogens is 1. The van der Waals surface area contributed by atoms with E-state index < -0.39 is 11.7 Å². The van der Waals surface area contributed by atoms with Crippen molar-refractivity contribution >= 4 is 17.8 Å². The van der Waals surface area contributed by atoms with Crippen molar-refractivity contribution in [3.8, 4) is 0 Å². The molecule has 3 N–H and O–H groups in total. The summed E-state index contributed by atoms with van der Waals surface area (Å²) in [5, 5.41) is 24.5. The van der Waals surface area contributed by atoms with Crippen LogP contribution in [0.5, 0.6) is 0 Å². The zero-order valence-electron chi connectivity index (χ0n) is 20.7. The van der Waals surface area contributed by atoms with Gasteiger partial charge in [-0.15, -0.1) is 0 Å². The van der Waals surface area contributed by atoms with Crippen LogP contribution in [0, 0.1) is 23.7 Å². The molecule has 0 aromatic carbocycles. The van der Waals surface area contributed by atoms with Crippen LogP contribution in [0.15, 0.2) is 18.3 Å². The molecule has 4 saturated carbocycles. The third kappa shape index (κ3) is 4.04. The van der Waals surface area contributed by atoms with Gasteiger partial charge in [-0.25, -0.2) is 9.78 Å². The standard InChI is InChI=1S/C26H38N4O4/c1-25(2,3)29(4)23(31)16-5-6-20(27-14-16)28-19-7-8-30(24(32)33)22(19)21-17-9-15-10-18(21)13-26(34,11-15)12-17/h5-6,14-15,17-19,21-22,34H,7-13H2,1-4H3,(H,27,28)(H,32,33)/t15?,17-,18?,19?,21?,22?,26-/m0/s1. The average Bonchev–Trinajstić information content (AvgIpc) is 3.14. The number of likely N-dealkylation sites (tertiary alicyclic amines) is 1. The first-order valence-electron chi connectivity index (χ1n) is 12.7. The Morgan fingerprint density at radius 1 is 1.18 bits per heavy atom. The Balaban J connectivity index is 1.34. The van der Waals surface area contributed by atoms with Crippen molar-refractivity contribution in [1.82, 2.24) is 14.8 Å². The van der Waals surface area contributed by atoms with Gasteiger partial charge in [-0.1, -0.05) is 0 Å². The predicted octanol–water partition coefficient (Wildman–Crippen LogP) is 3.67. The maximum atomic E-state index is 12.8. The lowest BCUT2D eigenvalue weighted by Crippen LogP contribution is -2.61. The zero-order valence-corrected chi connectivity index (χ0v) is 20.7. The van der Waals surface area contributed by atoms with Crippen molar-refractivity contribution in [1.29, 1.82) is 0 Å². The number of carbonyl (C=O) groups is 2. The number of amides is 2. The van der Waals surface area contributed by atoms with Crippen molar-refractivity contribution in [3.05, 3.63) is 23.9 Å². The van der Waals surface area contributed by atoms with Crippen molar-refractivity contribution in [3.63, 3.8) is 0 Å². The summed E-state index contributed by atoms with van der Waals surface area (Å²) in [5.41, 5.74) is -0.281. The maximum absolute atomic E-state index is 12.8. The summed E-state index contributed by atoms with van der Waals surface area (Å²) in [5.74, 6) is 2.21. The minimum Gasteiger partial charge on any atom is -0.465 e. The van der Waals surface area contributed by atoms with Crippen LogP contribution >= 0.6 is 0 Å². The maximum Gasteiger partial charge on any atom is 0.407 e. The normalized spacial score (nSPS) is 36.6. The molecule has 5 unspecified atom stereocenters. The van der Waals surface area contributed by atoms with Gasteiger partial charge in [-0.2, -0.15) is 0 Å². The molecular formula is C26H38N4O4. The van der Waals surface area contributed by atoms with E-state index in [0.717, 1.165) is 38.5 Å². The lowest BCUT2D eigenvalue weighted by atomic mass is 9.48. The van der Waals surface area contributed by atoms with E-state index in [4.69, 9.17) is 0 Å². The van der Waals surface area contributed by atoms with Crippen LogP contribution < -0.4 is 5.32 Å². The summed E-state index contributed by atoms with van der Waals surface area (Å²) in [7, 11) is 1.79. The predicted molar refractivity (Wildman–Crippen MR) is 129 cm³/mol. The summed E-state index contributed by atoms with van der Waals surface area (Å²) < 4.78 is 0. The Morgan fingerprint density at radius 3 is 2.38 bits per heavy atom. The van der Waals surface area contributed by atoms with Gasteiger partial charge >= 0.3 is 6.09 Å². The molecule has 5 aliphatic rings. The molecule has 8 nitrogen and oxygen atoms in total. The molecule has 1 aromatic rings. The molecule has 6 rings (SSSR count). The fourth-order valence-electron chi connectivity index (χ4n) is 7.54. The molecule has 4 aliphatic carbocycles. The van der Waals surface area contributed by atoms with E-state index in [2.05, 4.69) is 10.3 Å². The minimum absolute atomic E-state index is 0.0282. The van der Waals surface area contributed by atoms with Crippen LogP contribution in [-0.2, 0) is 0 Å². The van der Waals surface area contributed by atoms with Gasteiger partial charge in [0.25, 0.3) is 5.91 Å². The molecule has 0 spiro atoms. The van der Waals surface area contributed by atoms with Crippen LogP contribution in [-0.4, -0.2) is 73.8 Å². The van der Waals surface area contributed by atoms with Gasteiger partial charge in [-0.3, -0.25) is 4.79 Å². The van der Waals surface area contributed by atoms with Crippen LogP contribution in [0.4, 0.5) is 10.6 Å². The second-order valence-corrected chi connectivity index (χ2v) is 12.2. The molecule has 186 valence electrons. The van der Waals surface area contributed by atoms with Crippen molar-refractivity contribution in [2.24, 2.45) is 23.7 Å².